The van der Waals surface area contributed by atoms with Crippen molar-refractivity contribution in [3.8, 4) is 5.75 Å². The summed E-state index contributed by atoms with van der Waals surface area (Å²) in [7, 11) is 0. The van der Waals surface area contributed by atoms with Crippen LogP contribution in [0.15, 0.2) is 82.3 Å². The average Bonchev–Trinajstić information content (AvgIpc) is 3.34. The van der Waals surface area contributed by atoms with Gasteiger partial charge in [-0.05, 0) is 106 Å². The van der Waals surface area contributed by atoms with E-state index in [0.717, 1.165) is 51.1 Å². The molecule has 4 aromatic rings. The van der Waals surface area contributed by atoms with Crippen LogP contribution in [-0.2, 0) is 19.4 Å². The number of halogens is 1. The molecule has 2 N–H and O–H groups in total. The topological polar surface area (TPSA) is 88.0 Å². The van der Waals surface area contributed by atoms with Crippen LogP contribution in [0.5, 0.6) is 5.75 Å². The molecule has 0 unspecified atom stereocenters. The van der Waals surface area contributed by atoms with Crippen molar-refractivity contribution in [1.82, 2.24) is 0 Å². The number of nitrogens with zero attached hydrogens (tertiary/aromatic N) is 1. The van der Waals surface area contributed by atoms with Crippen molar-refractivity contribution in [3.05, 3.63) is 110 Å². The number of aliphatic imine (C=N–C) groups is 1. The molecule has 0 saturated heterocycles. The molecule has 1 aromatic heterocycles. The molecule has 6 nitrogen and oxygen atoms in total. The first kappa shape index (κ1) is 29.7. The van der Waals surface area contributed by atoms with Gasteiger partial charge in [-0.25, -0.2) is 9.79 Å². The number of carbonyl (C=O) groups excluding carboxylic acids is 1. The molecular formula is C34H33BrN2O4S. The molecule has 216 valence electrons. The molecule has 8 heteroatoms. The van der Waals surface area contributed by atoms with Crippen LogP contribution in [0.25, 0.3) is 0 Å². The van der Waals surface area contributed by atoms with Crippen molar-refractivity contribution in [2.24, 2.45) is 16.3 Å². The summed E-state index contributed by atoms with van der Waals surface area (Å²) in [5.41, 5.74) is 4.75. The summed E-state index contributed by atoms with van der Waals surface area (Å²) < 4.78 is 6.72. The van der Waals surface area contributed by atoms with E-state index in [4.69, 9.17) is 14.8 Å². The lowest BCUT2D eigenvalue weighted by Crippen LogP contribution is -2.27. The molecule has 3 aromatic carbocycles. The quantitative estimate of drug-likeness (QED) is 0.187. The molecule has 0 fully saturated rings. The number of amides is 1. The fourth-order valence-corrected chi connectivity index (χ4v) is 6.88. The van der Waals surface area contributed by atoms with Gasteiger partial charge in [-0.1, -0.05) is 51.1 Å². The molecule has 0 radical (unpaired) electrons. The van der Waals surface area contributed by atoms with Gasteiger partial charge in [0.05, 0.1) is 15.6 Å². The smallest absolute Gasteiger partial charge is 0.335 e. The first-order chi connectivity index (χ1) is 20.1. The lowest BCUT2D eigenvalue weighted by molar-refractivity contribution is 0.0696. The minimum Gasteiger partial charge on any atom is -0.488 e. The fraction of sp³-hybridized carbons (Fsp3) is 0.265. The zero-order valence-electron chi connectivity index (χ0n) is 23.8. The third-order valence-corrected chi connectivity index (χ3v) is 9.39. The van der Waals surface area contributed by atoms with Crippen LogP contribution in [0.3, 0.4) is 0 Å². The molecule has 0 spiro atoms. The van der Waals surface area contributed by atoms with Gasteiger partial charge in [0.1, 0.15) is 17.4 Å². The van der Waals surface area contributed by atoms with Gasteiger partial charge in [0.2, 0.25) is 0 Å². The highest BCUT2D eigenvalue weighted by molar-refractivity contribution is 9.10. The molecule has 5 rings (SSSR count). The summed E-state index contributed by atoms with van der Waals surface area (Å²) in [6, 6.07) is 21.9. The van der Waals surface area contributed by atoms with Gasteiger partial charge < -0.3 is 15.2 Å². The number of carbonyl (C=O) groups is 2. The number of hydrogen-bond donors (Lipinski definition) is 2. The molecule has 1 heterocycles. The van der Waals surface area contributed by atoms with Crippen LogP contribution in [0, 0.1) is 11.3 Å². The van der Waals surface area contributed by atoms with Crippen LogP contribution in [0.4, 0.5) is 10.7 Å². The monoisotopic (exact) mass is 644 g/mol. The minimum atomic E-state index is -0.955. The highest BCUT2D eigenvalue weighted by Gasteiger charge is 2.33. The normalized spacial score (nSPS) is 14.9. The first-order valence-electron chi connectivity index (χ1n) is 13.9. The van der Waals surface area contributed by atoms with Crippen molar-refractivity contribution in [1.29, 1.82) is 0 Å². The van der Waals surface area contributed by atoms with Gasteiger partial charge in [0, 0.05) is 16.8 Å². The number of ether oxygens (including phenoxy) is 1. The SMILES string of the molecule is CC(C)(C)[C@H]1CCc2c(sc(N=Cc3ccc(OCc4ccc(C(=O)O)cc4)c(Br)c3)c2C(=O)Nc2ccccc2)C1. The molecule has 0 aliphatic heterocycles. The Labute approximate surface area is 258 Å². The van der Waals surface area contributed by atoms with Crippen LogP contribution < -0.4 is 10.1 Å². The zero-order chi connectivity index (χ0) is 29.9. The number of aromatic carboxylic acids is 1. The highest BCUT2D eigenvalue weighted by atomic mass is 79.9. The molecule has 0 bridgehead atoms. The third-order valence-electron chi connectivity index (χ3n) is 7.61. The third kappa shape index (κ3) is 6.99. The lowest BCUT2D eigenvalue weighted by atomic mass is 9.72. The summed E-state index contributed by atoms with van der Waals surface area (Å²) >= 11 is 5.22. The molecule has 1 atom stereocenters. The molecule has 42 heavy (non-hydrogen) atoms. The van der Waals surface area contributed by atoms with E-state index in [2.05, 4.69) is 42.0 Å². The van der Waals surface area contributed by atoms with Crippen molar-refractivity contribution >= 4 is 56.0 Å². The predicted octanol–water partition coefficient (Wildman–Crippen LogP) is 8.94. The van der Waals surface area contributed by atoms with E-state index in [-0.39, 0.29) is 16.9 Å². The van der Waals surface area contributed by atoms with Crippen molar-refractivity contribution in [2.75, 3.05) is 5.32 Å². The van der Waals surface area contributed by atoms with E-state index in [0.29, 0.717) is 23.8 Å². The Kier molecular flexibility index (Phi) is 8.94. The summed E-state index contributed by atoms with van der Waals surface area (Å²) in [5.74, 6) is 0.144. The molecule has 0 saturated carbocycles. The fourth-order valence-electron chi connectivity index (χ4n) is 5.10. The number of fused-ring (bicyclic) bond motifs is 1. The van der Waals surface area contributed by atoms with Gasteiger partial charge in [0.15, 0.2) is 0 Å². The standard InChI is InChI=1S/C34H33BrN2O4S/c1-34(2,3)24-14-15-26-29(18-24)42-32(30(26)31(38)37-25-7-5-4-6-8-25)36-19-22-11-16-28(27(35)17-22)41-20-21-9-12-23(13-10-21)33(39)40/h4-13,16-17,19,24H,14-15,18,20H2,1-3H3,(H,37,38)(H,39,40)/t24-/m0/s1. The molecular weight excluding hydrogens is 612 g/mol. The molecule has 1 aliphatic carbocycles. The maximum Gasteiger partial charge on any atom is 0.335 e. The molecule has 1 amide bonds. The number of rotatable bonds is 8. The lowest BCUT2D eigenvalue weighted by Gasteiger charge is -2.33. The summed E-state index contributed by atoms with van der Waals surface area (Å²) in [6.07, 6.45) is 4.68. The number of carboxylic acid groups (broad SMARTS) is 1. The second-order valence-corrected chi connectivity index (χ2v) is 13.5. The summed E-state index contributed by atoms with van der Waals surface area (Å²) in [4.78, 5) is 30.7. The second kappa shape index (κ2) is 12.6. The Hall–Kier alpha value is -3.75. The van der Waals surface area contributed by atoms with E-state index in [1.54, 1.807) is 41.8 Å². The van der Waals surface area contributed by atoms with Crippen molar-refractivity contribution < 1.29 is 19.4 Å². The van der Waals surface area contributed by atoms with E-state index >= 15 is 0 Å². The molecule has 1 aliphatic rings. The number of carboxylic acids is 1. The average molecular weight is 646 g/mol. The van der Waals surface area contributed by atoms with E-state index in [1.165, 1.54) is 4.88 Å². The number of nitrogens with one attached hydrogen (secondary N) is 1. The maximum absolute atomic E-state index is 13.6. The number of hydrogen-bond acceptors (Lipinski definition) is 5. The largest absolute Gasteiger partial charge is 0.488 e. The van der Waals surface area contributed by atoms with Gasteiger partial charge in [-0.2, -0.15) is 0 Å². The van der Waals surface area contributed by atoms with Gasteiger partial charge in [0.25, 0.3) is 5.91 Å². The number of anilines is 1. The maximum atomic E-state index is 13.6. The van der Waals surface area contributed by atoms with E-state index < -0.39 is 5.97 Å². The summed E-state index contributed by atoms with van der Waals surface area (Å²) in [5, 5.41) is 12.9. The van der Waals surface area contributed by atoms with Crippen LogP contribution in [0.1, 0.15) is 69.5 Å². The van der Waals surface area contributed by atoms with Crippen molar-refractivity contribution in [3.63, 3.8) is 0 Å². The van der Waals surface area contributed by atoms with Gasteiger partial charge >= 0.3 is 5.97 Å². The predicted molar refractivity (Wildman–Crippen MR) is 173 cm³/mol. The van der Waals surface area contributed by atoms with Crippen LogP contribution in [0.2, 0.25) is 0 Å². The Balaban J connectivity index is 1.36. The Morgan fingerprint density at radius 3 is 2.50 bits per heavy atom. The first-order valence-corrected chi connectivity index (χ1v) is 15.5. The Morgan fingerprint density at radius 1 is 1.10 bits per heavy atom. The van der Waals surface area contributed by atoms with Crippen LogP contribution in [-0.4, -0.2) is 23.2 Å². The van der Waals surface area contributed by atoms with Gasteiger partial charge in [-0.15, -0.1) is 11.3 Å². The number of thiophene rings is 1. The zero-order valence-corrected chi connectivity index (χ0v) is 26.2. The van der Waals surface area contributed by atoms with Gasteiger partial charge in [-0.3, -0.25) is 4.79 Å². The van der Waals surface area contributed by atoms with E-state index in [9.17, 15) is 9.59 Å². The number of benzene rings is 3. The Morgan fingerprint density at radius 2 is 1.83 bits per heavy atom. The summed E-state index contributed by atoms with van der Waals surface area (Å²) in [6.45, 7) is 7.18. The highest BCUT2D eigenvalue weighted by Crippen LogP contribution is 2.45. The minimum absolute atomic E-state index is 0.124. The second-order valence-electron chi connectivity index (χ2n) is 11.5. The van der Waals surface area contributed by atoms with E-state index in [1.807, 2.05) is 48.5 Å². The van der Waals surface area contributed by atoms with Crippen LogP contribution >= 0.6 is 27.3 Å². The number of para-hydroxylation sites is 1. The Bertz CT molecular complexity index is 1620. The van der Waals surface area contributed by atoms with Crippen molar-refractivity contribution in [2.45, 2.75) is 46.6 Å².